The van der Waals surface area contributed by atoms with E-state index in [4.69, 9.17) is 0 Å². The first kappa shape index (κ1) is 35.7. The quantitative estimate of drug-likeness (QED) is 0.166. The number of para-hydroxylation sites is 1. The zero-order chi connectivity index (χ0) is 39.1. The molecule has 7 aromatic rings. The largest absolute Gasteiger partial charge is 0.357 e. The van der Waals surface area contributed by atoms with Crippen LogP contribution in [0.5, 0.6) is 0 Å². The van der Waals surface area contributed by atoms with E-state index in [-0.39, 0.29) is 28.7 Å². The molecule has 0 fully saturated rings. The summed E-state index contributed by atoms with van der Waals surface area (Å²) in [5.41, 5.74) is 16.4. The minimum atomic E-state index is -0.320. The lowest BCUT2D eigenvalue weighted by Gasteiger charge is -2.44. The smallest absolute Gasteiger partial charge is 0.310 e. The van der Waals surface area contributed by atoms with Gasteiger partial charge in [0.1, 0.15) is 0 Å². The van der Waals surface area contributed by atoms with E-state index in [1.807, 2.05) is 13.8 Å². The van der Waals surface area contributed by atoms with Crippen LogP contribution >= 0.6 is 0 Å². The second-order valence-electron chi connectivity index (χ2n) is 18.2. The van der Waals surface area contributed by atoms with E-state index < -0.39 is 0 Å². The first-order valence-electron chi connectivity index (χ1n) is 20.5. The Morgan fingerprint density at radius 3 is 1.93 bits per heavy atom. The monoisotopic (exact) mass is 723 g/mol. The van der Waals surface area contributed by atoms with Crippen LogP contribution in [0.3, 0.4) is 0 Å². The van der Waals surface area contributed by atoms with Crippen molar-refractivity contribution in [2.24, 2.45) is 5.41 Å². The van der Waals surface area contributed by atoms with E-state index in [0.717, 1.165) is 11.3 Å². The highest BCUT2D eigenvalue weighted by Gasteiger charge is 2.62. The van der Waals surface area contributed by atoms with Crippen molar-refractivity contribution in [3.8, 4) is 33.6 Å². The van der Waals surface area contributed by atoms with Crippen molar-refractivity contribution in [3.63, 3.8) is 0 Å². The zero-order valence-electron chi connectivity index (χ0n) is 34.7. The van der Waals surface area contributed by atoms with Crippen LogP contribution in [0.2, 0.25) is 0 Å². The fourth-order valence-corrected chi connectivity index (χ4v) is 10.7. The Morgan fingerprint density at radius 1 is 0.655 bits per heavy atom. The Balaban J connectivity index is 0.00000195. The molecule has 2 aliphatic heterocycles. The third kappa shape index (κ3) is 4.28. The summed E-state index contributed by atoms with van der Waals surface area (Å²) in [6.07, 6.45) is 0. The molecular weight excluding hydrogens is 669 g/mol. The lowest BCUT2D eigenvalue weighted by Crippen LogP contribution is -2.55. The van der Waals surface area contributed by atoms with Gasteiger partial charge in [0.25, 0.3) is 5.56 Å². The molecule has 0 bridgehead atoms. The maximum atomic E-state index is 15.4. The molecule has 55 heavy (non-hydrogen) atoms. The van der Waals surface area contributed by atoms with E-state index in [0.29, 0.717) is 11.8 Å². The number of hydrogen-bond donors (Lipinski definition) is 0. The van der Waals surface area contributed by atoms with Gasteiger partial charge in [-0.1, -0.05) is 162 Å². The average molecular weight is 724 g/mol. The van der Waals surface area contributed by atoms with Gasteiger partial charge in [0, 0.05) is 38.3 Å². The van der Waals surface area contributed by atoms with Crippen molar-refractivity contribution in [1.29, 1.82) is 0 Å². The highest BCUT2D eigenvalue weighted by atomic mass is 16.1. The van der Waals surface area contributed by atoms with Gasteiger partial charge in [-0.15, -0.1) is 0 Å². The molecule has 5 aromatic carbocycles. The number of aromatic nitrogens is 3. The molecule has 0 spiro atoms. The molecule has 1 aliphatic carbocycles. The van der Waals surface area contributed by atoms with Crippen molar-refractivity contribution in [1.82, 2.24) is 13.8 Å². The van der Waals surface area contributed by atoms with Crippen LogP contribution in [0.1, 0.15) is 117 Å². The van der Waals surface area contributed by atoms with Gasteiger partial charge in [0.15, 0.2) is 0 Å². The van der Waals surface area contributed by atoms with Gasteiger partial charge in [-0.05, 0) is 74.3 Å². The van der Waals surface area contributed by atoms with Crippen LogP contribution in [0.4, 0.5) is 0 Å². The predicted molar refractivity (Wildman–Crippen MR) is 235 cm³/mol. The van der Waals surface area contributed by atoms with Crippen LogP contribution in [0.25, 0.3) is 55.4 Å². The third-order valence-corrected chi connectivity index (χ3v) is 14.4. The third-order valence-electron chi connectivity index (χ3n) is 14.4. The fraction of sp³-hybridized carbons (Fsp3) is 0.340. The summed E-state index contributed by atoms with van der Waals surface area (Å²) in [4.78, 5) is 15.4. The molecule has 0 atom stereocenters. The summed E-state index contributed by atoms with van der Waals surface area (Å²) in [5, 5.41) is 2.49. The molecule has 5 heteroatoms. The molecule has 0 unspecified atom stereocenters. The van der Waals surface area contributed by atoms with Crippen molar-refractivity contribution < 1.29 is 0 Å². The van der Waals surface area contributed by atoms with E-state index in [1.54, 1.807) is 0 Å². The topological polar surface area (TPSA) is 31.9 Å². The second-order valence-corrected chi connectivity index (χ2v) is 18.2. The normalized spacial score (nSPS) is 16.4. The van der Waals surface area contributed by atoms with Crippen LogP contribution < -0.4 is 16.5 Å². The van der Waals surface area contributed by atoms with Gasteiger partial charge >= 0.3 is 6.85 Å². The standard InChI is InChI=1S/C48H48BN3O.C2H6/c1-27(2)31-20-16-21-32(28(3)4)39(31)30-25-37-42-38(26-30)51-44-41(46(5,6)48(9,10)47(44,7)8)45(53)52(51)49(42)35-24-23-33(29-17-12-11-13-18-29)40-34-19-14-15-22-36(34)50(37)43(35)40;1-2/h11-28H,1-10H3;1-2H3. The number of benzene rings is 5. The van der Waals surface area contributed by atoms with Gasteiger partial charge in [0.05, 0.1) is 22.4 Å². The van der Waals surface area contributed by atoms with Crippen LogP contribution in [0, 0.1) is 5.41 Å². The van der Waals surface area contributed by atoms with E-state index in [1.165, 1.54) is 77.5 Å². The Morgan fingerprint density at radius 2 is 1.27 bits per heavy atom. The van der Waals surface area contributed by atoms with E-state index in [9.17, 15) is 0 Å². The van der Waals surface area contributed by atoms with Crippen molar-refractivity contribution in [2.45, 2.75) is 106 Å². The number of fused-ring (bicyclic) bond motifs is 10. The molecule has 278 valence electrons. The molecule has 0 amide bonds. The lowest BCUT2D eigenvalue weighted by molar-refractivity contribution is 0.119. The number of nitrogens with zero attached hydrogens (tertiary/aromatic N) is 3. The van der Waals surface area contributed by atoms with Crippen molar-refractivity contribution in [2.75, 3.05) is 0 Å². The minimum absolute atomic E-state index is 0.146. The molecule has 0 saturated heterocycles. The summed E-state index contributed by atoms with van der Waals surface area (Å²) in [6.45, 7) is 27.0. The Hall–Kier alpha value is -5.03. The predicted octanol–water partition coefficient (Wildman–Crippen LogP) is 11.2. The second kappa shape index (κ2) is 11.7. The van der Waals surface area contributed by atoms with Gasteiger partial charge in [0.2, 0.25) is 0 Å². The Labute approximate surface area is 326 Å². The lowest BCUT2D eigenvalue weighted by atomic mass is 9.49. The molecule has 0 radical (unpaired) electrons. The summed E-state index contributed by atoms with van der Waals surface area (Å²) in [6, 6.07) is 36.0. The van der Waals surface area contributed by atoms with Crippen molar-refractivity contribution in [3.05, 3.63) is 130 Å². The summed E-state index contributed by atoms with van der Waals surface area (Å²) >= 11 is 0. The van der Waals surface area contributed by atoms with Crippen LogP contribution in [0.15, 0.2) is 102 Å². The number of rotatable bonds is 4. The maximum absolute atomic E-state index is 15.4. The SMILES string of the molecule is CC.CC(C)c1cccc(C(C)C)c1-c1cc2c3c(c1)-n1c4c(c(=O)n1B3c1ccc(-c3ccccc3)c3c5ccccc5n-2c13)C(C)(C)C(C)(C)C4(C)C. The van der Waals surface area contributed by atoms with Gasteiger partial charge < -0.3 is 4.57 Å². The molecule has 2 aromatic heterocycles. The van der Waals surface area contributed by atoms with E-state index >= 15 is 4.79 Å². The minimum Gasteiger partial charge on any atom is -0.310 e. The summed E-state index contributed by atoms with van der Waals surface area (Å²) in [7, 11) is 0. The van der Waals surface area contributed by atoms with Gasteiger partial charge in [-0.3, -0.25) is 14.1 Å². The molecule has 0 N–H and O–H groups in total. The molecule has 4 heterocycles. The average Bonchev–Trinajstić information content (AvgIpc) is 3.83. The Bertz CT molecular complexity index is 2760. The van der Waals surface area contributed by atoms with Gasteiger partial charge in [-0.2, -0.15) is 0 Å². The van der Waals surface area contributed by atoms with Crippen LogP contribution in [-0.2, 0) is 10.8 Å². The molecular formula is C50H54BN3O. The van der Waals surface area contributed by atoms with Crippen molar-refractivity contribution >= 4 is 39.6 Å². The maximum Gasteiger partial charge on any atom is 0.357 e. The Kier molecular flexibility index (Phi) is 7.61. The first-order valence-corrected chi connectivity index (χ1v) is 20.5. The van der Waals surface area contributed by atoms with Gasteiger partial charge in [-0.25, -0.2) is 0 Å². The molecule has 4 nitrogen and oxygen atoms in total. The highest BCUT2D eigenvalue weighted by Crippen LogP contribution is 2.61. The number of hydrogen-bond acceptors (Lipinski definition) is 1. The zero-order valence-corrected chi connectivity index (χ0v) is 34.7. The summed E-state index contributed by atoms with van der Waals surface area (Å²) in [5.74, 6) is 0.702. The highest BCUT2D eigenvalue weighted by molar-refractivity contribution is 6.88. The van der Waals surface area contributed by atoms with E-state index in [2.05, 4.69) is 180 Å². The van der Waals surface area contributed by atoms with Crippen LogP contribution in [-0.4, -0.2) is 20.7 Å². The fourth-order valence-electron chi connectivity index (χ4n) is 10.7. The summed E-state index contributed by atoms with van der Waals surface area (Å²) < 4.78 is 7.08. The molecule has 10 rings (SSSR count). The molecule has 0 saturated carbocycles. The first-order chi connectivity index (χ1) is 26.2. The molecule has 3 aliphatic rings.